The van der Waals surface area contributed by atoms with Gasteiger partial charge in [0.25, 0.3) is 0 Å². The van der Waals surface area contributed by atoms with E-state index in [9.17, 15) is 9.18 Å². The maximum absolute atomic E-state index is 17.6. The molecule has 4 fully saturated rings. The first kappa shape index (κ1) is 37.6. The average molecular weight is 762 g/mol. The molecule has 10 nitrogen and oxygen atoms in total. The second-order valence-corrected chi connectivity index (χ2v) is 16.6. The number of aromatic nitrogens is 2. The molecule has 3 aromatic carbocycles. The fourth-order valence-electron chi connectivity index (χ4n) is 9.51. The van der Waals surface area contributed by atoms with Gasteiger partial charge in [-0.15, -0.1) is 0 Å². The average Bonchev–Trinajstić information content (AvgIpc) is 3.76. The summed E-state index contributed by atoms with van der Waals surface area (Å²) < 4.78 is 70.8. The van der Waals surface area contributed by atoms with Crippen molar-refractivity contribution >= 4 is 33.6 Å². The van der Waals surface area contributed by atoms with Gasteiger partial charge in [0.15, 0.2) is 12.6 Å². The number of fused-ring (bicyclic) bond motifs is 5. The van der Waals surface area contributed by atoms with Crippen molar-refractivity contribution in [2.75, 3.05) is 51.6 Å². The van der Waals surface area contributed by atoms with E-state index < -0.39 is 23.1 Å². The van der Waals surface area contributed by atoms with Gasteiger partial charge >= 0.3 is 12.1 Å². The van der Waals surface area contributed by atoms with Crippen molar-refractivity contribution in [2.45, 2.75) is 103 Å². The maximum atomic E-state index is 17.6. The molecule has 13 heteroatoms. The summed E-state index contributed by atoms with van der Waals surface area (Å²) in [6, 6.07) is 8.15. The van der Waals surface area contributed by atoms with Crippen LogP contribution in [0, 0.1) is 18.6 Å². The van der Waals surface area contributed by atoms with Crippen molar-refractivity contribution in [1.29, 1.82) is 0 Å². The molecule has 4 aliphatic rings. The van der Waals surface area contributed by atoms with Crippen molar-refractivity contribution in [3.63, 3.8) is 0 Å². The number of rotatable bonds is 9. The molecule has 8 rings (SSSR count). The van der Waals surface area contributed by atoms with Crippen LogP contribution in [-0.2, 0) is 15.9 Å². The number of carbonyl (C=O) groups is 1. The van der Waals surface area contributed by atoms with Crippen LogP contribution in [-0.4, -0.2) is 102 Å². The predicted molar refractivity (Wildman–Crippen MR) is 205 cm³/mol. The molecule has 0 aliphatic carbocycles. The Balaban J connectivity index is 1.26. The summed E-state index contributed by atoms with van der Waals surface area (Å²) >= 11 is 0. The van der Waals surface area contributed by atoms with E-state index in [-0.39, 0.29) is 54.5 Å². The summed E-state index contributed by atoms with van der Waals surface area (Å²) in [5, 5.41) is 1.82. The number of aryl methyl sites for hydroxylation is 2. The largest absolute Gasteiger partial charge is 0.468 e. The zero-order chi connectivity index (χ0) is 38.8. The number of carbonyl (C=O) groups excluding carboxylic acids is 1. The fraction of sp³-hybridized carbons (Fsp3) is 0.548. The zero-order valence-electron chi connectivity index (χ0n) is 32.5. The highest BCUT2D eigenvalue weighted by atomic mass is 19.1. The first-order chi connectivity index (χ1) is 26.3. The molecule has 4 saturated heterocycles. The molecule has 0 N–H and O–H groups in total. The second-order valence-electron chi connectivity index (χ2n) is 16.6. The van der Waals surface area contributed by atoms with E-state index in [4.69, 9.17) is 28.9 Å². The molecular weight excluding hydrogens is 711 g/mol. The molecular formula is C42H50F3N5O5. The Morgan fingerprint density at radius 3 is 2.47 bits per heavy atom. The lowest BCUT2D eigenvalue weighted by molar-refractivity contribution is 0.0122. The van der Waals surface area contributed by atoms with E-state index >= 15 is 8.78 Å². The molecule has 55 heavy (non-hydrogen) atoms. The normalized spacial score (nSPS) is 23.9. The highest BCUT2D eigenvalue weighted by Gasteiger charge is 2.50. The van der Waals surface area contributed by atoms with Gasteiger partial charge in [0.05, 0.1) is 17.6 Å². The third-order valence-corrected chi connectivity index (χ3v) is 11.8. The van der Waals surface area contributed by atoms with Gasteiger partial charge in [-0.2, -0.15) is 9.97 Å². The van der Waals surface area contributed by atoms with Crippen LogP contribution in [0.15, 0.2) is 30.3 Å². The van der Waals surface area contributed by atoms with Gasteiger partial charge in [-0.25, -0.2) is 18.0 Å². The molecule has 5 heterocycles. The number of nitrogens with zero attached hydrogens (tertiary/aromatic N) is 5. The first-order valence-corrected chi connectivity index (χ1v) is 19.5. The third kappa shape index (κ3) is 6.81. The minimum absolute atomic E-state index is 0.00531. The van der Waals surface area contributed by atoms with Gasteiger partial charge in [-0.3, -0.25) is 9.80 Å². The van der Waals surface area contributed by atoms with Crippen molar-refractivity contribution < 1.29 is 36.9 Å². The number of benzene rings is 3. The lowest BCUT2D eigenvalue weighted by Crippen LogP contribution is -2.57. The summed E-state index contributed by atoms with van der Waals surface area (Å²) in [5.74, 6) is -0.0140. The number of ether oxygens (including phenoxy) is 4. The third-order valence-electron chi connectivity index (χ3n) is 11.8. The van der Waals surface area contributed by atoms with Gasteiger partial charge < -0.3 is 23.8 Å². The van der Waals surface area contributed by atoms with E-state index in [0.29, 0.717) is 71.3 Å². The Morgan fingerprint density at radius 1 is 1.00 bits per heavy atom. The summed E-state index contributed by atoms with van der Waals surface area (Å²) in [6.07, 6.45) is 2.84. The van der Waals surface area contributed by atoms with Crippen LogP contribution in [0.4, 0.5) is 23.8 Å². The number of halogens is 3. The molecule has 0 unspecified atom stereocenters. The number of anilines is 1. The van der Waals surface area contributed by atoms with E-state index in [1.165, 1.54) is 13.2 Å². The van der Waals surface area contributed by atoms with E-state index in [1.807, 2.05) is 39.5 Å². The van der Waals surface area contributed by atoms with Crippen LogP contribution < -0.4 is 14.4 Å². The van der Waals surface area contributed by atoms with Crippen LogP contribution in [0.2, 0.25) is 0 Å². The van der Waals surface area contributed by atoms with Crippen molar-refractivity contribution in [3.05, 3.63) is 53.1 Å². The highest BCUT2D eigenvalue weighted by Crippen LogP contribution is 2.44. The topological polar surface area (TPSA) is 89.5 Å². The van der Waals surface area contributed by atoms with Crippen LogP contribution >= 0.6 is 0 Å². The molecule has 1 aromatic heterocycles. The van der Waals surface area contributed by atoms with Gasteiger partial charge in [0, 0.05) is 44.1 Å². The molecule has 294 valence electrons. The Labute approximate surface area is 319 Å². The molecule has 0 spiro atoms. The Morgan fingerprint density at radius 2 is 1.76 bits per heavy atom. The monoisotopic (exact) mass is 761 g/mol. The Bertz CT molecular complexity index is 2130. The smallest absolute Gasteiger partial charge is 0.410 e. The maximum Gasteiger partial charge on any atom is 0.410 e. The predicted octanol–water partition coefficient (Wildman–Crippen LogP) is 8.13. The van der Waals surface area contributed by atoms with Gasteiger partial charge in [-0.05, 0) is 118 Å². The lowest BCUT2D eigenvalue weighted by Gasteiger charge is -2.42. The standard InChI is InChI=1S/C42H50F3N5O5/c1-7-30-33(44)12-9-25-16-29(54-23-52-6)17-31(35(25)30)32-15-24(2)34-37(36(32)45)46-39(53-22-42-13-8-14-49(42)19-26(43)18-42)47-38(34)48-20-27-10-11-28(21-48)50(27)40(51)55-41(3,4)5/h9,12,15-17,26-28H,7-8,10-11,13-14,18-23H2,1-6H3/t26-,27-,28+,42+/m1/s1. The molecule has 4 aliphatic heterocycles. The number of piperazine rings is 1. The Hall–Kier alpha value is -4.36. The minimum Gasteiger partial charge on any atom is -0.468 e. The summed E-state index contributed by atoms with van der Waals surface area (Å²) in [7, 11) is 1.52. The highest BCUT2D eigenvalue weighted by molar-refractivity contribution is 6.04. The summed E-state index contributed by atoms with van der Waals surface area (Å²) in [5.41, 5.74) is 0.867. The molecule has 1 amide bonds. The van der Waals surface area contributed by atoms with Crippen LogP contribution in [0.1, 0.15) is 70.9 Å². The number of amides is 1. The molecule has 4 aromatic rings. The lowest BCUT2D eigenvalue weighted by atomic mass is 9.91. The minimum atomic E-state index is -0.937. The summed E-state index contributed by atoms with van der Waals surface area (Å²) in [4.78, 5) is 29.2. The van der Waals surface area contributed by atoms with E-state index in [2.05, 4.69) is 9.80 Å². The van der Waals surface area contributed by atoms with Crippen LogP contribution in [0.5, 0.6) is 11.8 Å². The molecule has 0 radical (unpaired) electrons. The van der Waals surface area contributed by atoms with Crippen LogP contribution in [0.3, 0.4) is 0 Å². The zero-order valence-corrected chi connectivity index (χ0v) is 32.5. The number of alkyl halides is 1. The van der Waals surface area contributed by atoms with Crippen molar-refractivity contribution in [3.8, 4) is 22.9 Å². The first-order valence-electron chi connectivity index (χ1n) is 19.5. The van der Waals surface area contributed by atoms with E-state index in [1.54, 1.807) is 24.3 Å². The number of hydrogen-bond donors (Lipinski definition) is 0. The second kappa shape index (κ2) is 14.3. The quantitative estimate of drug-likeness (QED) is 0.157. The van der Waals surface area contributed by atoms with Gasteiger partial charge in [0.1, 0.15) is 41.3 Å². The molecule has 4 atom stereocenters. The fourth-order valence-corrected chi connectivity index (χ4v) is 9.51. The van der Waals surface area contributed by atoms with E-state index in [0.717, 1.165) is 37.8 Å². The SMILES string of the molecule is CCc1c(F)ccc2cc(OCOC)cc(-c3cc(C)c4c(N5C[C@H]6CC[C@@H](C5)N6C(=O)OC(C)(C)C)nc(OC[C@@]56CCCN5C[C@H](F)C6)nc4c3F)c12. The van der Waals surface area contributed by atoms with Crippen LogP contribution in [0.25, 0.3) is 32.8 Å². The van der Waals surface area contributed by atoms with Crippen molar-refractivity contribution in [2.24, 2.45) is 0 Å². The molecule has 0 saturated carbocycles. The van der Waals surface area contributed by atoms with Gasteiger partial charge in [0.2, 0.25) is 0 Å². The summed E-state index contributed by atoms with van der Waals surface area (Å²) in [6.45, 7) is 11.6. The number of methoxy groups -OCH3 is 1. The van der Waals surface area contributed by atoms with Gasteiger partial charge in [-0.1, -0.05) is 13.0 Å². The van der Waals surface area contributed by atoms with Crippen molar-refractivity contribution in [1.82, 2.24) is 19.8 Å². The number of hydrogen-bond acceptors (Lipinski definition) is 9. The molecule has 2 bridgehead atoms. The Kier molecular flexibility index (Phi) is 9.76.